The van der Waals surface area contributed by atoms with Crippen LogP contribution in [0, 0.1) is 35.5 Å². The molecule has 2 saturated carbocycles. The summed E-state index contributed by atoms with van der Waals surface area (Å²) in [4.78, 5) is 0. The van der Waals surface area contributed by atoms with Gasteiger partial charge in [-0.1, -0.05) is 57.4 Å². The van der Waals surface area contributed by atoms with Gasteiger partial charge >= 0.3 is 0 Å². The molecule has 2 atom stereocenters. The fourth-order valence-electron chi connectivity index (χ4n) is 6.69. The minimum atomic E-state index is 0.767. The molecule has 32 heavy (non-hydrogen) atoms. The molecule has 0 N–H and O–H groups in total. The summed E-state index contributed by atoms with van der Waals surface area (Å²) >= 11 is 0. The first-order valence-electron chi connectivity index (χ1n) is 14.1. The quantitative estimate of drug-likeness (QED) is 0.351. The number of benzene rings is 1. The van der Waals surface area contributed by atoms with Gasteiger partial charge in [-0.25, -0.2) is 0 Å². The second-order valence-corrected chi connectivity index (χ2v) is 11.6. The lowest BCUT2D eigenvalue weighted by Crippen LogP contribution is -2.27. The van der Waals surface area contributed by atoms with Gasteiger partial charge in [0.05, 0.1) is 6.61 Å². The van der Waals surface area contributed by atoms with Gasteiger partial charge in [-0.2, -0.15) is 0 Å². The number of rotatable bonds is 9. The lowest BCUT2D eigenvalue weighted by molar-refractivity contribution is 0.126. The maximum Gasteiger partial charge on any atom is 0.119 e. The molecule has 1 heteroatoms. The van der Waals surface area contributed by atoms with Crippen molar-refractivity contribution in [2.24, 2.45) is 35.5 Å². The van der Waals surface area contributed by atoms with Gasteiger partial charge in [-0.05, 0) is 124 Å². The number of ether oxygens (including phenoxy) is 1. The highest BCUT2D eigenvalue weighted by Gasteiger charge is 2.30. The number of aryl methyl sites for hydroxylation is 1. The standard InChI is InChI=1S/C31H48O/c1-3-4-25-7-9-26(10-8-25)11-12-27-15-21-31(22-16-27)32-23-28-13-19-30(20-14-28)29-17-5-24(2)6-18-29/h7,9,15-16,21-22,24-26,28-30H,3-6,8,10-14,17-20,23H2,1-2H3. The third-order valence-electron chi connectivity index (χ3n) is 9.05. The highest BCUT2D eigenvalue weighted by Crippen LogP contribution is 2.41. The second-order valence-electron chi connectivity index (χ2n) is 11.6. The molecule has 0 amide bonds. The molecule has 2 unspecified atom stereocenters. The summed E-state index contributed by atoms with van der Waals surface area (Å²) in [6, 6.07) is 9.00. The molecule has 0 bridgehead atoms. The van der Waals surface area contributed by atoms with Crippen molar-refractivity contribution < 1.29 is 4.74 Å². The average molecular weight is 437 g/mol. The normalized spacial score (nSPS) is 33.2. The Morgan fingerprint density at radius 1 is 0.719 bits per heavy atom. The van der Waals surface area contributed by atoms with Gasteiger partial charge in [0.15, 0.2) is 0 Å². The van der Waals surface area contributed by atoms with E-state index in [4.69, 9.17) is 4.74 Å². The van der Waals surface area contributed by atoms with Crippen molar-refractivity contribution in [1.29, 1.82) is 0 Å². The van der Waals surface area contributed by atoms with Crippen molar-refractivity contribution in [3.63, 3.8) is 0 Å². The van der Waals surface area contributed by atoms with E-state index in [9.17, 15) is 0 Å². The van der Waals surface area contributed by atoms with E-state index >= 15 is 0 Å². The first kappa shape index (κ1) is 23.9. The van der Waals surface area contributed by atoms with Gasteiger partial charge in [0.1, 0.15) is 5.75 Å². The van der Waals surface area contributed by atoms with E-state index in [0.717, 1.165) is 47.9 Å². The Morgan fingerprint density at radius 2 is 1.31 bits per heavy atom. The predicted molar refractivity (Wildman–Crippen MR) is 137 cm³/mol. The molecule has 0 heterocycles. The molecule has 0 radical (unpaired) electrons. The Balaban J connectivity index is 1.12. The van der Waals surface area contributed by atoms with Gasteiger partial charge in [0.2, 0.25) is 0 Å². The summed E-state index contributed by atoms with van der Waals surface area (Å²) < 4.78 is 6.21. The zero-order chi connectivity index (χ0) is 22.2. The zero-order valence-electron chi connectivity index (χ0n) is 20.9. The molecule has 1 aromatic carbocycles. The summed E-state index contributed by atoms with van der Waals surface area (Å²) in [5.41, 5.74) is 1.46. The van der Waals surface area contributed by atoms with Crippen LogP contribution >= 0.6 is 0 Å². The fourth-order valence-corrected chi connectivity index (χ4v) is 6.69. The summed E-state index contributed by atoms with van der Waals surface area (Å²) in [5, 5.41) is 0. The highest BCUT2D eigenvalue weighted by atomic mass is 16.5. The second kappa shape index (κ2) is 12.3. The van der Waals surface area contributed by atoms with Crippen LogP contribution in [0.2, 0.25) is 0 Å². The fraction of sp³-hybridized carbons (Fsp3) is 0.742. The Hall–Kier alpha value is -1.24. The Morgan fingerprint density at radius 3 is 1.91 bits per heavy atom. The first-order chi connectivity index (χ1) is 15.7. The SMILES string of the molecule is CCCC1C=CC(CCc2ccc(OCC3CCC(C4CCC(C)CC4)CC3)cc2)CC1. The third-order valence-corrected chi connectivity index (χ3v) is 9.05. The van der Waals surface area contributed by atoms with Crippen molar-refractivity contribution in [3.8, 4) is 5.75 Å². The molecule has 2 fully saturated rings. The number of hydrogen-bond donors (Lipinski definition) is 0. The van der Waals surface area contributed by atoms with E-state index in [1.807, 2.05) is 0 Å². The Labute approximate surface area is 198 Å². The average Bonchev–Trinajstić information content (AvgIpc) is 2.84. The van der Waals surface area contributed by atoms with Crippen molar-refractivity contribution in [2.75, 3.05) is 6.61 Å². The van der Waals surface area contributed by atoms with Gasteiger partial charge in [0, 0.05) is 0 Å². The smallest absolute Gasteiger partial charge is 0.119 e. The molecule has 0 spiro atoms. The topological polar surface area (TPSA) is 9.23 Å². The number of allylic oxidation sites excluding steroid dienone is 2. The minimum absolute atomic E-state index is 0.767. The number of hydrogen-bond acceptors (Lipinski definition) is 1. The van der Waals surface area contributed by atoms with Crippen LogP contribution in [0.3, 0.4) is 0 Å². The van der Waals surface area contributed by atoms with Crippen LogP contribution in [0.1, 0.15) is 103 Å². The molecule has 0 saturated heterocycles. The molecular formula is C31H48O. The van der Waals surface area contributed by atoms with Crippen molar-refractivity contribution in [3.05, 3.63) is 42.0 Å². The monoisotopic (exact) mass is 436 g/mol. The van der Waals surface area contributed by atoms with Gasteiger partial charge in [-0.15, -0.1) is 0 Å². The largest absolute Gasteiger partial charge is 0.493 e. The van der Waals surface area contributed by atoms with E-state index < -0.39 is 0 Å². The summed E-state index contributed by atoms with van der Waals surface area (Å²) in [6.07, 6.45) is 24.5. The van der Waals surface area contributed by atoms with E-state index in [1.165, 1.54) is 95.5 Å². The summed E-state index contributed by atoms with van der Waals surface area (Å²) in [6.45, 7) is 5.66. The van der Waals surface area contributed by atoms with Crippen LogP contribution in [-0.2, 0) is 6.42 Å². The van der Waals surface area contributed by atoms with Crippen LogP contribution < -0.4 is 4.74 Å². The molecule has 3 aliphatic carbocycles. The van der Waals surface area contributed by atoms with E-state index in [2.05, 4.69) is 50.3 Å². The van der Waals surface area contributed by atoms with Crippen molar-refractivity contribution in [2.45, 2.75) is 104 Å². The van der Waals surface area contributed by atoms with Crippen LogP contribution in [0.5, 0.6) is 5.75 Å². The van der Waals surface area contributed by atoms with Gasteiger partial charge in [0.25, 0.3) is 0 Å². The maximum absolute atomic E-state index is 6.21. The lowest BCUT2D eigenvalue weighted by atomic mass is 9.69. The van der Waals surface area contributed by atoms with Crippen LogP contribution in [0.4, 0.5) is 0 Å². The van der Waals surface area contributed by atoms with Crippen LogP contribution in [0.25, 0.3) is 0 Å². The Kier molecular flexibility index (Phi) is 9.18. The third kappa shape index (κ3) is 7.13. The molecule has 3 aliphatic rings. The predicted octanol–water partition coefficient (Wildman–Crippen LogP) is 9.01. The Bertz CT molecular complexity index is 673. The zero-order valence-corrected chi connectivity index (χ0v) is 20.9. The van der Waals surface area contributed by atoms with Crippen molar-refractivity contribution in [1.82, 2.24) is 0 Å². The van der Waals surface area contributed by atoms with E-state index in [-0.39, 0.29) is 0 Å². The molecule has 0 aliphatic heterocycles. The summed E-state index contributed by atoms with van der Waals surface area (Å²) in [5.74, 6) is 6.48. The minimum Gasteiger partial charge on any atom is -0.493 e. The van der Waals surface area contributed by atoms with Crippen LogP contribution in [0.15, 0.2) is 36.4 Å². The molecular weight excluding hydrogens is 388 g/mol. The molecule has 1 aromatic rings. The van der Waals surface area contributed by atoms with Crippen molar-refractivity contribution >= 4 is 0 Å². The molecule has 178 valence electrons. The van der Waals surface area contributed by atoms with Gasteiger partial charge in [-0.3, -0.25) is 0 Å². The first-order valence-corrected chi connectivity index (χ1v) is 14.1. The maximum atomic E-state index is 6.21. The van der Waals surface area contributed by atoms with E-state index in [0.29, 0.717) is 0 Å². The van der Waals surface area contributed by atoms with E-state index in [1.54, 1.807) is 0 Å². The lowest BCUT2D eigenvalue weighted by Gasteiger charge is -2.37. The highest BCUT2D eigenvalue weighted by molar-refractivity contribution is 5.27. The molecule has 4 rings (SSSR count). The molecule has 0 aromatic heterocycles. The van der Waals surface area contributed by atoms with Crippen LogP contribution in [-0.4, -0.2) is 6.61 Å². The molecule has 1 nitrogen and oxygen atoms in total. The summed E-state index contributed by atoms with van der Waals surface area (Å²) in [7, 11) is 0. The van der Waals surface area contributed by atoms with Gasteiger partial charge < -0.3 is 4.74 Å².